The number of hydrogen-bond donors (Lipinski definition) is 1. The number of para-hydroxylation sites is 1. The second-order valence-corrected chi connectivity index (χ2v) is 7.71. The van der Waals surface area contributed by atoms with Crippen LogP contribution in [0.2, 0.25) is 10.0 Å². The van der Waals surface area contributed by atoms with E-state index in [9.17, 15) is 30.3 Å². The van der Waals surface area contributed by atoms with Crippen LogP contribution < -0.4 is 14.8 Å². The maximum atomic E-state index is 12.6. The van der Waals surface area contributed by atoms with E-state index in [1.165, 1.54) is 43.5 Å². The molecule has 0 fully saturated rings. The van der Waals surface area contributed by atoms with E-state index in [2.05, 4.69) is 5.32 Å². The van der Waals surface area contributed by atoms with E-state index in [1.807, 2.05) is 0 Å². The number of non-ortho nitro benzene ring substituents is 1. The summed E-state index contributed by atoms with van der Waals surface area (Å²) in [5, 5.41) is 34.7. The number of halogens is 2. The fourth-order valence-electron chi connectivity index (χ4n) is 2.94. The predicted octanol–water partition coefficient (Wildman–Crippen LogP) is 6.16. The molecule has 0 spiro atoms. The van der Waals surface area contributed by atoms with Crippen molar-refractivity contribution in [3.63, 3.8) is 0 Å². The maximum absolute atomic E-state index is 12.6. The van der Waals surface area contributed by atoms with Crippen molar-refractivity contribution in [2.45, 2.75) is 0 Å². The topological polar surface area (TPSA) is 158 Å². The van der Waals surface area contributed by atoms with Crippen LogP contribution in [0.15, 0.2) is 60.2 Å². The molecule has 13 heteroatoms. The van der Waals surface area contributed by atoms with Gasteiger partial charge in [0, 0.05) is 6.07 Å². The number of nitro benzene ring substituents is 2. The zero-order valence-electron chi connectivity index (χ0n) is 18.2. The van der Waals surface area contributed by atoms with Crippen LogP contribution in [-0.2, 0) is 4.79 Å². The normalized spacial score (nSPS) is 10.8. The van der Waals surface area contributed by atoms with Crippen LogP contribution in [0.25, 0.3) is 6.08 Å². The minimum Gasteiger partial charge on any atom is -0.493 e. The molecule has 0 bridgehead atoms. The summed E-state index contributed by atoms with van der Waals surface area (Å²) < 4.78 is 10.9. The summed E-state index contributed by atoms with van der Waals surface area (Å²) in [5.74, 6) is -0.838. The first-order chi connectivity index (χ1) is 17.1. The van der Waals surface area contributed by atoms with E-state index in [0.29, 0.717) is 5.56 Å². The molecular weight excluding hydrogens is 515 g/mol. The van der Waals surface area contributed by atoms with Crippen LogP contribution in [0.1, 0.15) is 5.56 Å². The van der Waals surface area contributed by atoms with E-state index < -0.39 is 27.1 Å². The van der Waals surface area contributed by atoms with Gasteiger partial charge in [0.2, 0.25) is 5.75 Å². The third-order valence-corrected chi connectivity index (χ3v) is 5.26. The monoisotopic (exact) mass is 528 g/mol. The lowest BCUT2D eigenvalue weighted by atomic mass is 10.1. The van der Waals surface area contributed by atoms with E-state index in [4.69, 9.17) is 32.7 Å². The van der Waals surface area contributed by atoms with E-state index in [0.717, 1.165) is 18.2 Å². The molecule has 0 unspecified atom stereocenters. The number of carbonyl (C=O) groups excluding carboxylic acids is 1. The smallest absolute Gasteiger partial charge is 0.318 e. The number of ether oxygens (including phenoxy) is 2. The number of anilines is 1. The van der Waals surface area contributed by atoms with Crippen LogP contribution in [0, 0.1) is 31.6 Å². The lowest BCUT2D eigenvalue weighted by Gasteiger charge is -2.12. The van der Waals surface area contributed by atoms with Crippen LogP contribution in [-0.4, -0.2) is 22.9 Å². The average Bonchev–Trinajstić information content (AvgIpc) is 2.85. The molecule has 0 aliphatic carbocycles. The number of nitro groups is 2. The molecule has 0 radical (unpaired) electrons. The lowest BCUT2D eigenvalue weighted by Crippen LogP contribution is -2.14. The SMILES string of the molecule is COc1cc(/C=C(\C#N)C(=O)Nc2c(Cl)cccc2Cl)ccc1Oc1ccc([N+](=O)[O-])cc1[N+](=O)[O-]. The third kappa shape index (κ3) is 5.87. The number of amides is 1. The first kappa shape index (κ1) is 26.0. The molecule has 36 heavy (non-hydrogen) atoms. The van der Waals surface area contributed by atoms with E-state index >= 15 is 0 Å². The molecule has 1 amide bonds. The molecule has 3 aromatic carbocycles. The number of nitriles is 1. The lowest BCUT2D eigenvalue weighted by molar-refractivity contribution is -0.394. The van der Waals surface area contributed by atoms with Crippen molar-refractivity contribution in [1.82, 2.24) is 0 Å². The maximum Gasteiger partial charge on any atom is 0.318 e. The Morgan fingerprint density at radius 1 is 1.00 bits per heavy atom. The van der Waals surface area contributed by atoms with Gasteiger partial charge in [-0.2, -0.15) is 5.26 Å². The van der Waals surface area contributed by atoms with Gasteiger partial charge in [-0.1, -0.05) is 35.3 Å². The largest absolute Gasteiger partial charge is 0.493 e. The summed E-state index contributed by atoms with van der Waals surface area (Å²) >= 11 is 12.1. The average molecular weight is 529 g/mol. The van der Waals surface area contributed by atoms with Crippen LogP contribution in [0.4, 0.5) is 17.1 Å². The van der Waals surface area contributed by atoms with Crippen molar-refractivity contribution in [2.24, 2.45) is 0 Å². The van der Waals surface area contributed by atoms with Crippen LogP contribution in [0.5, 0.6) is 17.2 Å². The first-order valence-electron chi connectivity index (χ1n) is 9.80. The fraction of sp³-hybridized carbons (Fsp3) is 0.0435. The summed E-state index contributed by atoms with van der Waals surface area (Å²) in [5.41, 5.74) is -0.834. The highest BCUT2D eigenvalue weighted by molar-refractivity contribution is 6.40. The summed E-state index contributed by atoms with van der Waals surface area (Å²) in [6.45, 7) is 0. The van der Waals surface area contributed by atoms with Gasteiger partial charge in [0.15, 0.2) is 11.5 Å². The van der Waals surface area contributed by atoms with Crippen molar-refractivity contribution in [1.29, 1.82) is 5.26 Å². The van der Waals surface area contributed by atoms with E-state index in [1.54, 1.807) is 12.1 Å². The Balaban J connectivity index is 1.90. The molecule has 3 aromatic rings. The van der Waals surface area contributed by atoms with Crippen molar-refractivity contribution < 1.29 is 24.1 Å². The fourth-order valence-corrected chi connectivity index (χ4v) is 3.43. The van der Waals surface area contributed by atoms with Crippen LogP contribution in [0.3, 0.4) is 0 Å². The Labute approximate surface area is 213 Å². The third-order valence-electron chi connectivity index (χ3n) is 4.64. The van der Waals surface area contributed by atoms with Gasteiger partial charge in [0.25, 0.3) is 11.6 Å². The molecule has 0 saturated carbocycles. The molecule has 0 aromatic heterocycles. The second kappa shape index (κ2) is 11.2. The van der Waals surface area contributed by atoms with Crippen molar-refractivity contribution in [3.8, 4) is 23.3 Å². The molecule has 0 aliphatic heterocycles. The Morgan fingerprint density at radius 3 is 2.25 bits per heavy atom. The molecule has 182 valence electrons. The Hall–Kier alpha value is -4.66. The Bertz CT molecular complexity index is 1430. The van der Waals surface area contributed by atoms with Gasteiger partial charge in [-0.25, -0.2) is 0 Å². The molecule has 3 rings (SSSR count). The summed E-state index contributed by atoms with van der Waals surface area (Å²) in [6.07, 6.45) is 1.28. The molecule has 0 heterocycles. The highest BCUT2D eigenvalue weighted by Gasteiger charge is 2.22. The minimum absolute atomic E-state index is 0.0532. The number of hydrogen-bond acceptors (Lipinski definition) is 8. The first-order valence-corrected chi connectivity index (χ1v) is 10.6. The zero-order chi connectivity index (χ0) is 26.4. The summed E-state index contributed by atoms with van der Waals surface area (Å²) in [4.78, 5) is 33.3. The van der Waals surface area contributed by atoms with Gasteiger partial charge < -0.3 is 14.8 Å². The molecule has 0 saturated heterocycles. The molecule has 0 aliphatic rings. The van der Waals surface area contributed by atoms with Gasteiger partial charge in [-0.15, -0.1) is 0 Å². The van der Waals surface area contributed by atoms with Crippen molar-refractivity contribution >= 4 is 52.2 Å². The minimum atomic E-state index is -0.811. The number of benzene rings is 3. The van der Waals surface area contributed by atoms with Gasteiger partial charge in [-0.05, 0) is 42.0 Å². The summed E-state index contributed by atoms with van der Waals surface area (Å²) in [6, 6.07) is 13.7. The number of carbonyl (C=O) groups is 1. The predicted molar refractivity (Wildman–Crippen MR) is 132 cm³/mol. The van der Waals surface area contributed by atoms with Crippen molar-refractivity contribution in [3.05, 3.63) is 96.0 Å². The Morgan fingerprint density at radius 2 is 1.67 bits per heavy atom. The number of rotatable bonds is 8. The standard InChI is InChI=1S/C23H14Cl2N4O7/c1-35-21-10-13(9-14(12-26)23(30)27-22-16(24)3-2-4-17(22)25)5-7-20(21)36-19-8-6-15(28(31)32)11-18(19)29(33)34/h2-11H,1H3,(H,27,30)/b14-9+. The second-order valence-electron chi connectivity index (χ2n) is 6.90. The van der Waals surface area contributed by atoms with Crippen molar-refractivity contribution in [2.75, 3.05) is 12.4 Å². The van der Waals surface area contributed by atoms with E-state index in [-0.39, 0.29) is 38.6 Å². The molecular formula is C23H14Cl2N4O7. The zero-order valence-corrected chi connectivity index (χ0v) is 19.7. The molecule has 1 N–H and O–H groups in total. The molecule has 11 nitrogen and oxygen atoms in total. The number of nitrogens with zero attached hydrogens (tertiary/aromatic N) is 3. The van der Waals surface area contributed by atoms with Crippen LogP contribution >= 0.6 is 23.2 Å². The highest BCUT2D eigenvalue weighted by atomic mass is 35.5. The van der Waals surface area contributed by atoms with Gasteiger partial charge >= 0.3 is 5.69 Å². The quantitative estimate of drug-likeness (QED) is 0.157. The number of methoxy groups -OCH3 is 1. The van der Waals surface area contributed by atoms with Gasteiger partial charge in [-0.3, -0.25) is 25.0 Å². The Kier molecular flexibility index (Phi) is 8.06. The summed E-state index contributed by atoms with van der Waals surface area (Å²) in [7, 11) is 1.32. The van der Waals surface area contributed by atoms with Gasteiger partial charge in [0.1, 0.15) is 11.6 Å². The van der Waals surface area contributed by atoms with Gasteiger partial charge in [0.05, 0.1) is 38.8 Å². The number of nitrogens with one attached hydrogen (secondary N) is 1. The highest BCUT2D eigenvalue weighted by Crippen LogP contribution is 2.38. The molecule has 0 atom stereocenters.